The fourth-order valence-corrected chi connectivity index (χ4v) is 2.03. The molecule has 0 saturated heterocycles. The minimum atomic E-state index is -4.70. The number of imidazole rings is 1. The Morgan fingerprint density at radius 3 is 2.52 bits per heavy atom. The number of aromatic nitrogens is 2. The van der Waals surface area contributed by atoms with Crippen LogP contribution >= 0.6 is 0 Å². The van der Waals surface area contributed by atoms with E-state index in [0.717, 1.165) is 0 Å². The van der Waals surface area contributed by atoms with Crippen LogP contribution in [0, 0.1) is 0 Å². The summed E-state index contributed by atoms with van der Waals surface area (Å²) in [7, 11) is 0. The second kappa shape index (κ2) is 6.17. The molecule has 0 aliphatic rings. The number of hydrogen-bond donors (Lipinski definition) is 1. The summed E-state index contributed by atoms with van der Waals surface area (Å²) < 4.78 is 41.8. The maximum Gasteiger partial charge on any atom is 0.573 e. The largest absolute Gasteiger partial charge is 0.573 e. The molecular weight excluding hydrogens is 285 g/mol. The first-order valence-corrected chi connectivity index (χ1v) is 6.42. The van der Waals surface area contributed by atoms with Gasteiger partial charge in [0.15, 0.2) is 0 Å². The molecule has 0 amide bonds. The van der Waals surface area contributed by atoms with E-state index in [1.807, 2.05) is 11.5 Å². The van der Waals surface area contributed by atoms with Gasteiger partial charge in [0.25, 0.3) is 0 Å². The molecule has 114 valence electrons. The Balaban J connectivity index is 2.03. The van der Waals surface area contributed by atoms with E-state index in [-0.39, 0.29) is 12.2 Å². The molecule has 2 aromatic rings. The number of nitrogens with zero attached hydrogens (tertiary/aromatic N) is 2. The highest BCUT2D eigenvalue weighted by molar-refractivity contribution is 5.28. The lowest BCUT2D eigenvalue weighted by Gasteiger charge is -2.13. The van der Waals surface area contributed by atoms with Crippen LogP contribution in [0.4, 0.5) is 13.2 Å². The van der Waals surface area contributed by atoms with E-state index in [2.05, 4.69) is 9.72 Å². The molecule has 7 heteroatoms. The lowest BCUT2D eigenvalue weighted by molar-refractivity contribution is -0.274. The highest BCUT2D eigenvalue weighted by atomic mass is 19.4. The molecule has 1 atom stereocenters. The van der Waals surface area contributed by atoms with Crippen LogP contribution in [0.1, 0.15) is 24.3 Å². The first-order chi connectivity index (χ1) is 9.89. The van der Waals surface area contributed by atoms with Crippen molar-refractivity contribution in [2.75, 3.05) is 0 Å². The van der Waals surface area contributed by atoms with Gasteiger partial charge in [0, 0.05) is 13.0 Å². The minimum Gasteiger partial charge on any atom is -0.406 e. The van der Waals surface area contributed by atoms with E-state index in [9.17, 15) is 18.3 Å². The van der Waals surface area contributed by atoms with E-state index in [1.54, 1.807) is 12.5 Å². The predicted octanol–water partition coefficient (Wildman–Crippen LogP) is 3.08. The number of benzene rings is 1. The molecule has 1 N–H and O–H groups in total. The van der Waals surface area contributed by atoms with Crippen molar-refractivity contribution in [1.29, 1.82) is 0 Å². The maximum absolute atomic E-state index is 12.0. The smallest absolute Gasteiger partial charge is 0.406 e. The third-order valence-electron chi connectivity index (χ3n) is 3.01. The summed E-state index contributed by atoms with van der Waals surface area (Å²) in [5, 5.41) is 10.2. The second-order valence-corrected chi connectivity index (χ2v) is 4.52. The van der Waals surface area contributed by atoms with Crippen LogP contribution in [0.25, 0.3) is 0 Å². The van der Waals surface area contributed by atoms with Crippen LogP contribution in [-0.2, 0) is 13.0 Å². The molecule has 0 bridgehead atoms. The Labute approximate surface area is 119 Å². The van der Waals surface area contributed by atoms with Gasteiger partial charge in [-0.15, -0.1) is 13.2 Å². The highest BCUT2D eigenvalue weighted by Crippen LogP contribution is 2.24. The monoisotopic (exact) mass is 300 g/mol. The zero-order valence-electron chi connectivity index (χ0n) is 11.3. The number of ether oxygens (including phenoxy) is 1. The van der Waals surface area contributed by atoms with E-state index < -0.39 is 12.5 Å². The van der Waals surface area contributed by atoms with Gasteiger partial charge in [0.2, 0.25) is 0 Å². The molecule has 21 heavy (non-hydrogen) atoms. The first kappa shape index (κ1) is 15.4. The zero-order valence-corrected chi connectivity index (χ0v) is 11.3. The molecule has 0 fully saturated rings. The van der Waals surface area contributed by atoms with Gasteiger partial charge in [0.1, 0.15) is 5.75 Å². The quantitative estimate of drug-likeness (QED) is 0.923. The van der Waals surface area contributed by atoms with Gasteiger partial charge in [-0.1, -0.05) is 12.1 Å². The molecule has 0 radical (unpaired) electrons. The van der Waals surface area contributed by atoms with Crippen LogP contribution < -0.4 is 4.74 Å². The van der Waals surface area contributed by atoms with E-state index >= 15 is 0 Å². The van der Waals surface area contributed by atoms with Gasteiger partial charge >= 0.3 is 6.36 Å². The number of rotatable bonds is 5. The summed E-state index contributed by atoms with van der Waals surface area (Å²) in [6.07, 6.45) is -1.97. The Hall–Kier alpha value is -2.02. The Morgan fingerprint density at radius 2 is 1.95 bits per heavy atom. The third kappa shape index (κ3) is 4.22. The summed E-state index contributed by atoms with van der Waals surface area (Å²) in [6.45, 7) is 2.62. The molecule has 1 unspecified atom stereocenters. The highest BCUT2D eigenvalue weighted by Gasteiger charge is 2.30. The number of aliphatic hydroxyl groups excluding tert-OH is 1. The van der Waals surface area contributed by atoms with Crippen LogP contribution in [0.2, 0.25) is 0 Å². The molecule has 0 aliphatic carbocycles. The van der Waals surface area contributed by atoms with Crippen molar-refractivity contribution in [3.05, 3.63) is 48.0 Å². The standard InChI is InChI=1S/C14H15F3N2O2/c1-2-19-9-18-8-12(19)13(20)7-10-3-5-11(6-4-10)21-14(15,16)17/h3-6,8-9,13,20H,2,7H2,1H3. The Bertz CT molecular complexity index is 579. The van der Waals surface area contributed by atoms with Crippen molar-refractivity contribution in [3.8, 4) is 5.75 Å². The maximum atomic E-state index is 12.0. The zero-order chi connectivity index (χ0) is 15.5. The molecule has 2 rings (SSSR count). The molecule has 1 aromatic carbocycles. The Morgan fingerprint density at radius 1 is 1.29 bits per heavy atom. The summed E-state index contributed by atoms with van der Waals surface area (Å²) >= 11 is 0. The van der Waals surface area contributed by atoms with Crippen molar-refractivity contribution < 1.29 is 23.0 Å². The molecular formula is C14H15F3N2O2. The number of alkyl halides is 3. The molecule has 1 aromatic heterocycles. The van der Waals surface area contributed by atoms with Crippen molar-refractivity contribution in [3.63, 3.8) is 0 Å². The average Bonchev–Trinajstić information content (AvgIpc) is 2.87. The van der Waals surface area contributed by atoms with Gasteiger partial charge < -0.3 is 14.4 Å². The summed E-state index contributed by atoms with van der Waals surface area (Å²) in [4.78, 5) is 3.97. The number of hydrogen-bond acceptors (Lipinski definition) is 3. The van der Waals surface area contributed by atoms with Gasteiger partial charge in [-0.2, -0.15) is 0 Å². The van der Waals surface area contributed by atoms with Gasteiger partial charge in [-0.3, -0.25) is 0 Å². The third-order valence-corrected chi connectivity index (χ3v) is 3.01. The predicted molar refractivity (Wildman–Crippen MR) is 69.7 cm³/mol. The van der Waals surface area contributed by atoms with Crippen LogP contribution in [0.5, 0.6) is 5.75 Å². The SMILES string of the molecule is CCn1cncc1C(O)Cc1ccc(OC(F)(F)F)cc1. The van der Waals surface area contributed by atoms with Crippen molar-refractivity contribution in [1.82, 2.24) is 9.55 Å². The van der Waals surface area contributed by atoms with Crippen molar-refractivity contribution >= 4 is 0 Å². The Kier molecular flexibility index (Phi) is 4.52. The number of aliphatic hydroxyl groups is 1. The van der Waals surface area contributed by atoms with E-state index in [0.29, 0.717) is 17.8 Å². The van der Waals surface area contributed by atoms with Crippen LogP contribution in [0.15, 0.2) is 36.8 Å². The van der Waals surface area contributed by atoms with Crippen LogP contribution in [0.3, 0.4) is 0 Å². The summed E-state index contributed by atoms with van der Waals surface area (Å²) in [5.74, 6) is -0.278. The topological polar surface area (TPSA) is 47.3 Å². The normalized spacial score (nSPS) is 13.2. The summed E-state index contributed by atoms with van der Waals surface area (Å²) in [5.41, 5.74) is 1.38. The van der Waals surface area contributed by atoms with Crippen molar-refractivity contribution in [2.45, 2.75) is 32.4 Å². The van der Waals surface area contributed by atoms with Gasteiger partial charge in [0.05, 0.1) is 24.3 Å². The van der Waals surface area contributed by atoms with Gasteiger partial charge in [-0.25, -0.2) is 4.98 Å². The number of halogens is 3. The van der Waals surface area contributed by atoms with E-state index in [1.165, 1.54) is 24.3 Å². The van der Waals surface area contributed by atoms with Crippen LogP contribution in [-0.4, -0.2) is 21.0 Å². The molecule has 0 saturated carbocycles. The molecule has 0 spiro atoms. The second-order valence-electron chi connectivity index (χ2n) is 4.52. The van der Waals surface area contributed by atoms with E-state index in [4.69, 9.17) is 0 Å². The minimum absolute atomic E-state index is 0.278. The molecule has 0 aliphatic heterocycles. The lowest BCUT2D eigenvalue weighted by atomic mass is 10.1. The first-order valence-electron chi connectivity index (χ1n) is 6.42. The average molecular weight is 300 g/mol. The van der Waals surface area contributed by atoms with Crippen molar-refractivity contribution in [2.24, 2.45) is 0 Å². The fourth-order valence-electron chi connectivity index (χ4n) is 2.03. The molecule has 1 heterocycles. The number of aryl methyl sites for hydroxylation is 1. The van der Waals surface area contributed by atoms with Gasteiger partial charge in [-0.05, 0) is 24.6 Å². The summed E-state index contributed by atoms with van der Waals surface area (Å²) in [6, 6.07) is 5.45. The lowest BCUT2D eigenvalue weighted by Crippen LogP contribution is -2.17. The molecule has 4 nitrogen and oxygen atoms in total. The fraction of sp³-hybridized carbons (Fsp3) is 0.357.